The number of rotatable bonds is 5. The van der Waals surface area contributed by atoms with E-state index in [1.165, 1.54) is 22.1 Å². The zero-order valence-electron chi connectivity index (χ0n) is 32.2. The second-order valence-electron chi connectivity index (χ2n) is 15.8. The Morgan fingerprint density at radius 2 is 1.57 bits per heavy atom. The van der Waals surface area contributed by atoms with Gasteiger partial charge in [0.1, 0.15) is 11.4 Å². The predicted octanol–water partition coefficient (Wildman–Crippen LogP) is 12.0. The standard InChI is InChI=1S/C34H25FN3O.C14H16GeN.Ir/c1-34(2,3)22-12-14-29(26(18-22)21-8-5-4-6-9-21)38-30-15-13-23(35)19-28(30)37-33(38)25-11-7-10-24-27-20-36-17-16-31(27)39-32(24)25;1-15(2,3)13-9-10-14(16-11-13)12-7-5-4-6-8-12;/h4-10,12-20H,1-3H3;4-7,9-11H,1-3H3;/q2*-1;. The molecule has 0 aliphatic rings. The molecule has 0 saturated heterocycles. The van der Waals surface area contributed by atoms with Crippen molar-refractivity contribution < 1.29 is 28.9 Å². The molecule has 0 bridgehead atoms. The van der Waals surface area contributed by atoms with Crippen molar-refractivity contribution in [2.75, 3.05) is 0 Å². The minimum absolute atomic E-state index is 0. The third-order valence-corrected chi connectivity index (χ3v) is 14.1. The predicted molar refractivity (Wildman–Crippen MR) is 226 cm³/mol. The number of furan rings is 1. The second kappa shape index (κ2) is 15.7. The van der Waals surface area contributed by atoms with Crippen molar-refractivity contribution in [1.29, 1.82) is 0 Å². The van der Waals surface area contributed by atoms with Crippen molar-refractivity contribution in [2.45, 2.75) is 43.5 Å². The van der Waals surface area contributed by atoms with Gasteiger partial charge in [0, 0.05) is 55.2 Å². The molecule has 0 aliphatic carbocycles. The fraction of sp³-hybridized carbons (Fsp3) is 0.146. The Kier molecular flexibility index (Phi) is 11.0. The number of pyridine rings is 2. The second-order valence-corrected chi connectivity index (χ2v) is 26.4. The van der Waals surface area contributed by atoms with E-state index in [2.05, 4.69) is 107 Å². The summed E-state index contributed by atoms with van der Waals surface area (Å²) in [6, 6.07) is 46.2. The minimum Gasteiger partial charge on any atom is 0 e. The van der Waals surface area contributed by atoms with Crippen LogP contribution in [0.5, 0.6) is 0 Å². The Balaban J connectivity index is 0.000000238. The molecule has 5 nitrogen and oxygen atoms in total. The van der Waals surface area contributed by atoms with E-state index in [1.54, 1.807) is 12.3 Å². The summed E-state index contributed by atoms with van der Waals surface area (Å²) in [5.41, 5.74) is 9.85. The van der Waals surface area contributed by atoms with Gasteiger partial charge < -0.3 is 8.98 Å². The number of halogens is 1. The van der Waals surface area contributed by atoms with Crippen LogP contribution in [-0.2, 0) is 25.5 Å². The van der Waals surface area contributed by atoms with Gasteiger partial charge in [-0.2, -0.15) is 0 Å². The fourth-order valence-corrected chi connectivity index (χ4v) is 8.98. The van der Waals surface area contributed by atoms with Crippen LogP contribution in [0.15, 0.2) is 144 Å². The third-order valence-electron chi connectivity index (χ3n) is 9.88. The topological polar surface area (TPSA) is 56.7 Å². The Bertz CT molecular complexity index is 2780. The molecule has 0 spiro atoms. The molecule has 1 radical (unpaired) electrons. The molecule has 0 amide bonds. The van der Waals surface area contributed by atoms with Gasteiger partial charge in [0.05, 0.1) is 22.4 Å². The summed E-state index contributed by atoms with van der Waals surface area (Å²) in [5, 5.41) is 1.86. The first-order valence-corrected chi connectivity index (χ1v) is 25.8. The van der Waals surface area contributed by atoms with Crippen molar-refractivity contribution >= 4 is 50.6 Å². The number of hydrogen-bond donors (Lipinski definition) is 0. The molecule has 4 aromatic heterocycles. The van der Waals surface area contributed by atoms with Crippen LogP contribution >= 0.6 is 0 Å². The summed E-state index contributed by atoms with van der Waals surface area (Å²) in [5.74, 6) is 7.44. The quantitative estimate of drug-likeness (QED) is 0.127. The van der Waals surface area contributed by atoms with Crippen LogP contribution in [0.2, 0.25) is 17.3 Å². The van der Waals surface area contributed by atoms with Gasteiger partial charge in [-0.25, -0.2) is 4.39 Å². The number of fused-ring (bicyclic) bond motifs is 4. The Morgan fingerprint density at radius 3 is 2.29 bits per heavy atom. The zero-order valence-corrected chi connectivity index (χ0v) is 36.7. The van der Waals surface area contributed by atoms with Crippen molar-refractivity contribution in [3.63, 3.8) is 0 Å². The van der Waals surface area contributed by atoms with E-state index in [9.17, 15) is 4.39 Å². The minimum atomic E-state index is -1.72. The smallest absolute Gasteiger partial charge is 0 e. The van der Waals surface area contributed by atoms with Gasteiger partial charge in [-0.3, -0.25) is 9.97 Å². The van der Waals surface area contributed by atoms with Gasteiger partial charge in [0.15, 0.2) is 0 Å². The maximum Gasteiger partial charge on any atom is 0 e. The van der Waals surface area contributed by atoms with E-state index in [0.717, 1.165) is 49.9 Å². The number of hydrogen-bond acceptors (Lipinski definition) is 4. The van der Waals surface area contributed by atoms with Crippen LogP contribution in [0.1, 0.15) is 26.3 Å². The molecule has 281 valence electrons. The van der Waals surface area contributed by atoms with E-state index in [0.29, 0.717) is 22.5 Å². The summed E-state index contributed by atoms with van der Waals surface area (Å²) in [7, 11) is 0. The van der Waals surface area contributed by atoms with E-state index < -0.39 is 13.3 Å². The summed E-state index contributed by atoms with van der Waals surface area (Å²) in [4.78, 5) is 13.8. The molecular formula is C48H41FGeIrN4O-2. The van der Waals surface area contributed by atoms with E-state index in [1.807, 2.05) is 73.1 Å². The molecule has 4 heterocycles. The molecule has 0 saturated carbocycles. The number of imidazole rings is 1. The number of benzene rings is 5. The van der Waals surface area contributed by atoms with Crippen molar-refractivity contribution in [1.82, 2.24) is 19.5 Å². The first-order valence-electron chi connectivity index (χ1n) is 18.4. The molecule has 0 N–H and O–H groups in total. The molecule has 0 aliphatic heterocycles. The van der Waals surface area contributed by atoms with Gasteiger partial charge in [-0.15, -0.1) is 18.2 Å². The Morgan fingerprint density at radius 1 is 0.768 bits per heavy atom. The molecular weight excluding hydrogens is 932 g/mol. The summed E-state index contributed by atoms with van der Waals surface area (Å²) in [6.07, 6.45) is 5.56. The van der Waals surface area contributed by atoms with Gasteiger partial charge in [0.25, 0.3) is 0 Å². The fourth-order valence-electron chi connectivity index (χ4n) is 6.81. The van der Waals surface area contributed by atoms with E-state index in [-0.39, 0.29) is 31.3 Å². The van der Waals surface area contributed by atoms with Crippen LogP contribution in [0.3, 0.4) is 0 Å². The first-order chi connectivity index (χ1) is 26.5. The van der Waals surface area contributed by atoms with Gasteiger partial charge >= 0.3 is 99.8 Å². The van der Waals surface area contributed by atoms with Gasteiger partial charge in [-0.05, 0) is 46.9 Å². The van der Waals surface area contributed by atoms with Crippen LogP contribution in [0.4, 0.5) is 4.39 Å². The summed E-state index contributed by atoms with van der Waals surface area (Å²) < 4.78 is 24.3. The zero-order chi connectivity index (χ0) is 38.3. The Hall–Kier alpha value is -5.21. The van der Waals surface area contributed by atoms with E-state index in [4.69, 9.17) is 9.40 Å². The normalized spacial score (nSPS) is 11.7. The molecule has 9 rings (SSSR count). The van der Waals surface area contributed by atoms with Crippen LogP contribution in [0.25, 0.3) is 72.4 Å². The van der Waals surface area contributed by atoms with Crippen LogP contribution in [-0.4, -0.2) is 32.8 Å². The average molecular weight is 974 g/mol. The molecule has 5 aromatic carbocycles. The van der Waals surface area contributed by atoms with E-state index >= 15 is 0 Å². The van der Waals surface area contributed by atoms with Crippen LogP contribution < -0.4 is 4.40 Å². The molecule has 0 fully saturated rings. The van der Waals surface area contributed by atoms with Crippen molar-refractivity contribution in [3.05, 3.63) is 163 Å². The summed E-state index contributed by atoms with van der Waals surface area (Å²) >= 11 is -1.72. The monoisotopic (exact) mass is 975 g/mol. The molecule has 9 aromatic rings. The maximum atomic E-state index is 14.4. The largest absolute Gasteiger partial charge is 0 e. The molecule has 0 atom stereocenters. The molecule has 56 heavy (non-hydrogen) atoms. The average Bonchev–Trinajstić information content (AvgIpc) is 3.76. The Labute approximate surface area is 343 Å². The van der Waals surface area contributed by atoms with Crippen LogP contribution in [0, 0.1) is 17.9 Å². The number of nitrogens with zero attached hydrogens (tertiary/aromatic N) is 4. The molecule has 8 heteroatoms. The molecule has 0 unspecified atom stereocenters. The van der Waals surface area contributed by atoms with Crippen molar-refractivity contribution in [3.8, 4) is 39.5 Å². The first kappa shape index (κ1) is 39.0. The SMILES string of the molecule is CC(C)(C)c1ccc(-n2c(-c3[c-]ccc4c3oc3ccncc34)nc3cc(F)ccc32)c(-c2ccccc2)c1.[CH3][Ge]([CH3])([CH3])[c]1ccc(-c2[c-]cccc2)nc1.[Ir]. The summed E-state index contributed by atoms with van der Waals surface area (Å²) in [6.45, 7) is 6.64. The van der Waals surface area contributed by atoms with Gasteiger partial charge in [0.2, 0.25) is 0 Å². The maximum absolute atomic E-state index is 14.4. The number of aromatic nitrogens is 4. The van der Waals surface area contributed by atoms with Crippen molar-refractivity contribution in [2.24, 2.45) is 0 Å². The van der Waals surface area contributed by atoms with Gasteiger partial charge in [-0.1, -0.05) is 68.1 Å². The third kappa shape index (κ3) is 7.77.